The van der Waals surface area contributed by atoms with Gasteiger partial charge in [-0.3, -0.25) is 0 Å². The number of hydrogen-bond acceptors (Lipinski definition) is 1. The van der Waals surface area contributed by atoms with Gasteiger partial charge in [-0.15, -0.1) is 0 Å². The average Bonchev–Trinajstić information content (AvgIpc) is 3.23. The topological polar surface area (TPSA) is 30.9 Å². The molecule has 0 atom stereocenters. The Morgan fingerprint density at radius 3 is 1.60 bits per heavy atom. The molecule has 4 aromatic carbocycles. The lowest BCUT2D eigenvalue weighted by Gasteiger charge is -2.07. The van der Waals surface area contributed by atoms with E-state index in [1.54, 1.807) is 0 Å². The number of fused-ring (bicyclic) bond motifs is 3. The minimum absolute atomic E-state index is 0.733. The molecular weight excluding hydrogens is 424 g/mol. The first-order chi connectivity index (χ1) is 17.2. The maximum atomic E-state index is 5.74. The highest BCUT2D eigenvalue weighted by Gasteiger charge is 2.13. The van der Waals surface area contributed by atoms with Crippen LogP contribution in [-0.2, 0) is 19.4 Å². The van der Waals surface area contributed by atoms with E-state index in [1.807, 2.05) is 0 Å². The molecular formula is C33H36N2. The largest absolute Gasteiger partial charge is 0.341 e. The van der Waals surface area contributed by atoms with E-state index in [1.165, 1.54) is 68.0 Å². The molecule has 0 bridgehead atoms. The van der Waals surface area contributed by atoms with Crippen molar-refractivity contribution >= 4 is 21.8 Å². The minimum atomic E-state index is 0.733. The maximum absolute atomic E-state index is 5.74. The number of hydrogen-bond donors (Lipinski definition) is 1. The fourth-order valence-electron chi connectivity index (χ4n) is 5.30. The van der Waals surface area contributed by atoms with Gasteiger partial charge in [0.05, 0.1) is 0 Å². The van der Waals surface area contributed by atoms with Gasteiger partial charge in [0.1, 0.15) is 0 Å². The van der Waals surface area contributed by atoms with Crippen LogP contribution in [0, 0.1) is 0 Å². The summed E-state index contributed by atoms with van der Waals surface area (Å²) in [5.74, 6) is 0. The predicted octanol–water partition coefficient (Wildman–Crippen LogP) is 8.38. The van der Waals surface area contributed by atoms with Crippen molar-refractivity contribution in [3.8, 4) is 22.3 Å². The molecule has 5 rings (SSSR count). The second-order valence-corrected chi connectivity index (χ2v) is 9.60. The van der Waals surface area contributed by atoms with Gasteiger partial charge in [-0.25, -0.2) is 0 Å². The highest BCUT2D eigenvalue weighted by Crippen LogP contribution is 2.35. The number of nitrogens with zero attached hydrogens (tertiary/aromatic N) is 1. The Labute approximate surface area is 209 Å². The maximum Gasteiger partial charge on any atom is 0.0491 e. The quantitative estimate of drug-likeness (QED) is 0.235. The van der Waals surface area contributed by atoms with Crippen LogP contribution in [0.1, 0.15) is 44.2 Å². The normalized spacial score (nSPS) is 11.5. The highest BCUT2D eigenvalue weighted by molar-refractivity contribution is 6.10. The summed E-state index contributed by atoms with van der Waals surface area (Å²) >= 11 is 0. The third-order valence-corrected chi connectivity index (χ3v) is 7.19. The monoisotopic (exact) mass is 460 g/mol. The molecule has 5 aromatic rings. The van der Waals surface area contributed by atoms with E-state index in [0.29, 0.717) is 0 Å². The van der Waals surface area contributed by atoms with Crippen LogP contribution in [0.5, 0.6) is 0 Å². The van der Waals surface area contributed by atoms with Crippen molar-refractivity contribution in [3.05, 3.63) is 96.1 Å². The molecule has 0 radical (unpaired) electrons. The summed E-state index contributed by atoms with van der Waals surface area (Å²) in [6, 6.07) is 31.9. The van der Waals surface area contributed by atoms with Gasteiger partial charge in [0.25, 0.3) is 0 Å². The Hall–Kier alpha value is -3.36. The van der Waals surface area contributed by atoms with Crippen LogP contribution in [-0.4, -0.2) is 11.1 Å². The van der Waals surface area contributed by atoms with Gasteiger partial charge in [-0.1, -0.05) is 74.0 Å². The Bertz CT molecular complexity index is 1350. The lowest BCUT2D eigenvalue weighted by molar-refractivity contribution is 0.795. The van der Waals surface area contributed by atoms with Crippen LogP contribution in [0.25, 0.3) is 44.1 Å². The molecule has 1 heterocycles. The molecule has 0 fully saturated rings. The average molecular weight is 461 g/mol. The molecule has 0 spiro atoms. The second-order valence-electron chi connectivity index (χ2n) is 9.60. The Kier molecular flexibility index (Phi) is 7.01. The van der Waals surface area contributed by atoms with Crippen LogP contribution < -0.4 is 5.73 Å². The molecule has 178 valence electrons. The summed E-state index contributed by atoms with van der Waals surface area (Å²) in [5, 5.41) is 2.66. The van der Waals surface area contributed by atoms with E-state index >= 15 is 0 Å². The van der Waals surface area contributed by atoms with Crippen molar-refractivity contribution in [2.24, 2.45) is 5.73 Å². The molecule has 2 heteroatoms. The van der Waals surface area contributed by atoms with E-state index in [-0.39, 0.29) is 0 Å². The van der Waals surface area contributed by atoms with Crippen molar-refractivity contribution < 1.29 is 0 Å². The number of nitrogens with two attached hydrogens (primary N) is 1. The molecule has 0 saturated carbocycles. The van der Waals surface area contributed by atoms with Crippen LogP contribution >= 0.6 is 0 Å². The Balaban J connectivity index is 1.61. The molecule has 35 heavy (non-hydrogen) atoms. The number of unbranched alkanes of at least 4 members (excludes halogenated alkanes) is 1. The van der Waals surface area contributed by atoms with Gasteiger partial charge in [-0.05, 0) is 96.8 Å². The van der Waals surface area contributed by atoms with E-state index < -0.39 is 0 Å². The predicted molar refractivity (Wildman–Crippen MR) is 152 cm³/mol. The molecule has 0 aliphatic rings. The summed E-state index contributed by atoms with van der Waals surface area (Å²) in [4.78, 5) is 0. The van der Waals surface area contributed by atoms with Crippen molar-refractivity contribution in [3.63, 3.8) is 0 Å². The van der Waals surface area contributed by atoms with E-state index in [0.717, 1.165) is 32.4 Å². The highest BCUT2D eigenvalue weighted by atomic mass is 15.0. The lowest BCUT2D eigenvalue weighted by Crippen LogP contribution is -2.00. The van der Waals surface area contributed by atoms with Gasteiger partial charge < -0.3 is 10.3 Å². The summed E-state index contributed by atoms with van der Waals surface area (Å²) in [5.41, 5.74) is 16.3. The number of benzene rings is 4. The molecule has 1 aromatic heterocycles. The fourth-order valence-corrected chi connectivity index (χ4v) is 5.30. The van der Waals surface area contributed by atoms with Crippen molar-refractivity contribution in [1.29, 1.82) is 0 Å². The molecule has 0 aliphatic carbocycles. The molecule has 0 saturated heterocycles. The first-order valence-corrected chi connectivity index (χ1v) is 13.2. The van der Waals surface area contributed by atoms with Crippen molar-refractivity contribution in [2.45, 2.75) is 52.5 Å². The van der Waals surface area contributed by atoms with Crippen molar-refractivity contribution in [1.82, 2.24) is 4.57 Å². The van der Waals surface area contributed by atoms with Gasteiger partial charge >= 0.3 is 0 Å². The van der Waals surface area contributed by atoms with Gasteiger partial charge in [0.2, 0.25) is 0 Å². The second kappa shape index (κ2) is 10.5. The molecule has 0 unspecified atom stereocenters. The molecule has 2 nitrogen and oxygen atoms in total. The van der Waals surface area contributed by atoms with Gasteiger partial charge in [0.15, 0.2) is 0 Å². The summed E-state index contributed by atoms with van der Waals surface area (Å²) < 4.78 is 2.44. The van der Waals surface area contributed by atoms with Gasteiger partial charge in [0, 0.05) is 28.4 Å². The SMILES string of the molecule is CCCCc1cccc(-c2ccc3c(c2)c2cc(-c4cccc(CCCN)c4)ccc2n3CC)c1. The zero-order chi connectivity index (χ0) is 24.2. The third kappa shape index (κ3) is 4.76. The van der Waals surface area contributed by atoms with E-state index in [4.69, 9.17) is 5.73 Å². The van der Waals surface area contributed by atoms with Crippen LogP contribution in [0.3, 0.4) is 0 Å². The van der Waals surface area contributed by atoms with Crippen molar-refractivity contribution in [2.75, 3.05) is 6.54 Å². The number of rotatable bonds is 9. The number of aromatic nitrogens is 1. The minimum Gasteiger partial charge on any atom is -0.341 e. The summed E-state index contributed by atoms with van der Waals surface area (Å²) in [7, 11) is 0. The summed E-state index contributed by atoms with van der Waals surface area (Å²) in [6.45, 7) is 6.18. The summed E-state index contributed by atoms with van der Waals surface area (Å²) in [6.07, 6.45) is 5.67. The standard InChI is InChI=1S/C33H36N2/c1-3-5-9-24-10-6-13-26(20-24)28-15-17-32-30(22-28)31-23-29(16-18-33(31)35(32)4-2)27-14-7-11-25(21-27)12-8-19-34/h6-7,10-11,13-18,20-23H,3-5,8-9,12,19,34H2,1-2H3. The van der Waals surface area contributed by atoms with Gasteiger partial charge in [-0.2, -0.15) is 0 Å². The Morgan fingerprint density at radius 2 is 1.11 bits per heavy atom. The molecule has 0 aliphatic heterocycles. The van der Waals surface area contributed by atoms with E-state index in [9.17, 15) is 0 Å². The smallest absolute Gasteiger partial charge is 0.0491 e. The van der Waals surface area contributed by atoms with Crippen LogP contribution in [0.15, 0.2) is 84.9 Å². The van der Waals surface area contributed by atoms with Crippen LogP contribution in [0.4, 0.5) is 0 Å². The van der Waals surface area contributed by atoms with Crippen LogP contribution in [0.2, 0.25) is 0 Å². The number of aryl methyl sites for hydroxylation is 3. The molecule has 0 amide bonds. The zero-order valence-corrected chi connectivity index (χ0v) is 21.1. The van der Waals surface area contributed by atoms with E-state index in [2.05, 4.69) is 103 Å². The first kappa shape index (κ1) is 23.4. The first-order valence-electron chi connectivity index (χ1n) is 13.2. The lowest BCUT2D eigenvalue weighted by atomic mass is 9.97. The zero-order valence-electron chi connectivity index (χ0n) is 21.1. The Morgan fingerprint density at radius 1 is 0.600 bits per heavy atom. The third-order valence-electron chi connectivity index (χ3n) is 7.19. The molecule has 2 N–H and O–H groups in total. The fraction of sp³-hybridized carbons (Fsp3) is 0.273.